The molecule has 92 valence electrons. The van der Waals surface area contributed by atoms with Gasteiger partial charge in [-0.05, 0) is 27.2 Å². The number of aromatic nitrogens is 2. The van der Waals surface area contributed by atoms with Crippen molar-refractivity contribution < 1.29 is 8.42 Å². The normalized spacial score (nSPS) is 14.1. The topological polar surface area (TPSA) is 78.0 Å². The van der Waals surface area contributed by atoms with Crippen molar-refractivity contribution in [3.63, 3.8) is 0 Å². The fraction of sp³-hybridized carbons (Fsp3) is 0.700. The second kappa shape index (κ2) is 4.55. The highest BCUT2D eigenvalue weighted by molar-refractivity contribution is 7.89. The number of rotatable bonds is 4. The van der Waals surface area contributed by atoms with E-state index in [1.54, 1.807) is 18.5 Å². The van der Waals surface area contributed by atoms with E-state index in [-0.39, 0.29) is 10.9 Å². The Labute approximate surface area is 96.7 Å². The van der Waals surface area contributed by atoms with Crippen LogP contribution in [0.25, 0.3) is 0 Å². The van der Waals surface area contributed by atoms with E-state index in [1.165, 1.54) is 0 Å². The third-order valence-corrected chi connectivity index (χ3v) is 3.83. The molecule has 1 rings (SSSR count). The molecule has 6 heteroatoms. The van der Waals surface area contributed by atoms with E-state index in [0.29, 0.717) is 11.4 Å². The zero-order valence-corrected chi connectivity index (χ0v) is 11.0. The number of hydrogen-bond donors (Lipinski definition) is 1. The number of aryl methyl sites for hydroxylation is 1. The maximum Gasteiger partial charge on any atom is 0.241 e. The van der Waals surface area contributed by atoms with Crippen molar-refractivity contribution in [2.45, 2.75) is 51.5 Å². The lowest BCUT2D eigenvalue weighted by molar-refractivity contribution is 0.443. The molecular formula is C10H19N3O2S. The van der Waals surface area contributed by atoms with E-state index in [4.69, 9.17) is 5.14 Å². The molecule has 1 heterocycles. The van der Waals surface area contributed by atoms with Crippen LogP contribution in [0.1, 0.15) is 44.1 Å². The van der Waals surface area contributed by atoms with Crippen LogP contribution in [0.5, 0.6) is 0 Å². The van der Waals surface area contributed by atoms with Crippen molar-refractivity contribution >= 4 is 10.0 Å². The average molecular weight is 245 g/mol. The van der Waals surface area contributed by atoms with Gasteiger partial charge in [-0.2, -0.15) is 5.10 Å². The minimum absolute atomic E-state index is 0.162. The molecule has 16 heavy (non-hydrogen) atoms. The second-order valence-electron chi connectivity index (χ2n) is 4.13. The average Bonchev–Trinajstić information content (AvgIpc) is 2.41. The van der Waals surface area contributed by atoms with Crippen molar-refractivity contribution in [1.29, 1.82) is 0 Å². The Morgan fingerprint density at radius 2 is 2.00 bits per heavy atom. The van der Waals surface area contributed by atoms with Crippen LogP contribution in [-0.4, -0.2) is 18.2 Å². The van der Waals surface area contributed by atoms with Gasteiger partial charge < -0.3 is 0 Å². The van der Waals surface area contributed by atoms with Gasteiger partial charge in [-0.3, -0.25) is 4.68 Å². The number of sulfonamides is 1. The van der Waals surface area contributed by atoms with E-state index in [1.807, 2.05) is 6.92 Å². The first-order valence-corrected chi connectivity index (χ1v) is 6.92. The molecule has 0 saturated heterocycles. The minimum atomic E-state index is -3.68. The molecule has 0 saturated carbocycles. The second-order valence-corrected chi connectivity index (χ2v) is 5.63. The first-order chi connectivity index (χ1) is 7.29. The number of nitrogens with zero attached hydrogens (tertiary/aromatic N) is 2. The summed E-state index contributed by atoms with van der Waals surface area (Å²) < 4.78 is 24.5. The summed E-state index contributed by atoms with van der Waals surface area (Å²) in [5.41, 5.74) is 1.10. The summed E-state index contributed by atoms with van der Waals surface area (Å²) in [5, 5.41) is 9.42. The van der Waals surface area contributed by atoms with E-state index in [0.717, 1.165) is 12.8 Å². The van der Waals surface area contributed by atoms with Crippen LogP contribution >= 0.6 is 0 Å². The fourth-order valence-electron chi connectivity index (χ4n) is 2.03. The SMILES string of the molecule is CCCC(C)n1nc(C)c(S(N)(=O)=O)c1C. The standard InChI is InChI=1S/C10H19N3O2S/c1-5-6-7(2)13-9(4)10(8(3)12-13)16(11,14)15/h7H,5-6H2,1-4H3,(H2,11,14,15). The van der Waals surface area contributed by atoms with E-state index < -0.39 is 10.0 Å². The smallest absolute Gasteiger partial charge is 0.241 e. The Hall–Kier alpha value is -0.880. The molecule has 0 fully saturated rings. The highest BCUT2D eigenvalue weighted by atomic mass is 32.2. The van der Waals surface area contributed by atoms with Crippen LogP contribution < -0.4 is 5.14 Å². The monoisotopic (exact) mass is 245 g/mol. The molecule has 2 N–H and O–H groups in total. The quantitative estimate of drug-likeness (QED) is 0.873. The molecular weight excluding hydrogens is 226 g/mol. The van der Waals surface area contributed by atoms with Crippen LogP contribution in [-0.2, 0) is 10.0 Å². The van der Waals surface area contributed by atoms with Gasteiger partial charge in [0.15, 0.2) is 0 Å². The molecule has 0 radical (unpaired) electrons. The molecule has 5 nitrogen and oxygen atoms in total. The van der Waals surface area contributed by atoms with Crippen molar-refractivity contribution in [3.05, 3.63) is 11.4 Å². The number of hydrogen-bond acceptors (Lipinski definition) is 3. The summed E-state index contributed by atoms with van der Waals surface area (Å²) in [6, 6.07) is 0.194. The molecule has 1 aromatic heterocycles. The van der Waals surface area contributed by atoms with E-state index >= 15 is 0 Å². The molecule has 1 atom stereocenters. The first-order valence-electron chi connectivity index (χ1n) is 5.37. The third kappa shape index (κ3) is 2.44. The van der Waals surface area contributed by atoms with Crippen LogP contribution in [0, 0.1) is 13.8 Å². The summed E-state index contributed by atoms with van der Waals surface area (Å²) in [4.78, 5) is 0.162. The summed E-state index contributed by atoms with van der Waals surface area (Å²) in [6.45, 7) is 7.52. The maximum atomic E-state index is 11.4. The lowest BCUT2D eigenvalue weighted by Crippen LogP contribution is -2.15. The Bertz CT molecular complexity index is 476. The molecule has 0 bridgehead atoms. The van der Waals surface area contributed by atoms with Gasteiger partial charge in [0, 0.05) is 6.04 Å². The predicted octanol–water partition coefficient (Wildman–Crippen LogP) is 1.51. The van der Waals surface area contributed by atoms with Gasteiger partial charge in [0.1, 0.15) is 4.90 Å². The highest BCUT2D eigenvalue weighted by Crippen LogP contribution is 2.22. The summed E-state index contributed by atoms with van der Waals surface area (Å²) in [6.07, 6.45) is 2.00. The molecule has 0 aliphatic rings. The molecule has 1 aromatic rings. The summed E-state index contributed by atoms with van der Waals surface area (Å²) >= 11 is 0. The molecule has 1 unspecified atom stereocenters. The van der Waals surface area contributed by atoms with Gasteiger partial charge in [-0.15, -0.1) is 0 Å². The lowest BCUT2D eigenvalue weighted by Gasteiger charge is -2.13. The largest absolute Gasteiger partial charge is 0.265 e. The Balaban J connectivity index is 3.27. The predicted molar refractivity (Wildman–Crippen MR) is 62.7 cm³/mol. The number of primary sulfonamides is 1. The Morgan fingerprint density at radius 3 is 2.38 bits per heavy atom. The third-order valence-electron chi connectivity index (χ3n) is 2.67. The van der Waals surface area contributed by atoms with Gasteiger partial charge in [0.2, 0.25) is 10.0 Å². The number of nitrogens with two attached hydrogens (primary N) is 1. The first kappa shape index (κ1) is 13.2. The van der Waals surface area contributed by atoms with Crippen molar-refractivity contribution in [1.82, 2.24) is 9.78 Å². The molecule has 0 aliphatic carbocycles. The summed E-state index contributed by atoms with van der Waals surface area (Å²) in [5.74, 6) is 0. The highest BCUT2D eigenvalue weighted by Gasteiger charge is 2.22. The van der Waals surface area contributed by atoms with Gasteiger partial charge in [0.25, 0.3) is 0 Å². The Kier molecular flexibility index (Phi) is 3.75. The zero-order valence-electron chi connectivity index (χ0n) is 10.2. The van der Waals surface area contributed by atoms with Crippen LogP contribution in [0.2, 0.25) is 0 Å². The molecule has 0 spiro atoms. The van der Waals surface area contributed by atoms with Crippen LogP contribution in [0.4, 0.5) is 0 Å². The van der Waals surface area contributed by atoms with Crippen molar-refractivity contribution in [2.75, 3.05) is 0 Å². The Morgan fingerprint density at radius 1 is 1.44 bits per heavy atom. The zero-order chi connectivity index (χ0) is 12.5. The van der Waals surface area contributed by atoms with Crippen LogP contribution in [0.15, 0.2) is 4.90 Å². The minimum Gasteiger partial charge on any atom is -0.265 e. The van der Waals surface area contributed by atoms with Gasteiger partial charge in [-0.25, -0.2) is 13.6 Å². The van der Waals surface area contributed by atoms with Gasteiger partial charge in [0.05, 0.1) is 11.4 Å². The summed E-state index contributed by atoms with van der Waals surface area (Å²) in [7, 11) is -3.68. The van der Waals surface area contributed by atoms with Gasteiger partial charge >= 0.3 is 0 Å². The van der Waals surface area contributed by atoms with E-state index in [2.05, 4.69) is 12.0 Å². The molecule has 0 amide bonds. The maximum absolute atomic E-state index is 11.4. The van der Waals surface area contributed by atoms with Crippen molar-refractivity contribution in [3.8, 4) is 0 Å². The van der Waals surface area contributed by atoms with E-state index in [9.17, 15) is 8.42 Å². The van der Waals surface area contributed by atoms with Crippen molar-refractivity contribution in [2.24, 2.45) is 5.14 Å². The van der Waals surface area contributed by atoms with Crippen LogP contribution in [0.3, 0.4) is 0 Å². The molecule has 0 aromatic carbocycles. The molecule has 0 aliphatic heterocycles. The lowest BCUT2D eigenvalue weighted by atomic mass is 10.2. The fourth-order valence-corrected chi connectivity index (χ4v) is 2.99. The van der Waals surface area contributed by atoms with Gasteiger partial charge in [-0.1, -0.05) is 13.3 Å².